The Kier molecular flexibility index (Phi) is 11.6. The van der Waals surface area contributed by atoms with Crippen LogP contribution in [-0.4, -0.2) is 66.4 Å². The Balaban J connectivity index is 3.36. The van der Waals surface area contributed by atoms with Gasteiger partial charge < -0.3 is 25.0 Å². The number of ether oxygens (including phenoxy) is 2. The van der Waals surface area contributed by atoms with Gasteiger partial charge in [0, 0.05) is 12.3 Å². The first-order valence-electron chi connectivity index (χ1n) is 10.9. The zero-order valence-electron chi connectivity index (χ0n) is 20.4. The molecule has 1 aromatic carbocycles. The van der Waals surface area contributed by atoms with E-state index in [-0.39, 0.29) is 18.8 Å². The maximum absolute atomic E-state index is 13.5. The Labute approximate surface area is 206 Å². The summed E-state index contributed by atoms with van der Waals surface area (Å²) in [5, 5.41) is 5.07. The Morgan fingerprint density at radius 3 is 2.44 bits per heavy atom. The van der Waals surface area contributed by atoms with E-state index in [0.29, 0.717) is 12.0 Å². The molecule has 0 saturated carbocycles. The van der Waals surface area contributed by atoms with Crippen molar-refractivity contribution in [1.82, 2.24) is 15.5 Å². The van der Waals surface area contributed by atoms with Crippen molar-refractivity contribution in [1.29, 1.82) is 0 Å². The van der Waals surface area contributed by atoms with Crippen LogP contribution in [0.5, 0.6) is 0 Å². The standard InChI is InChI=1S/C24H35N3O6S/c1-7-12-27(22(30)18(15-34)26-23(31)33-24(3,4)5)20(21(29)25-14-19(28)32-6)17-11-9-10-16(8-2)13-17/h8-11,13,18,20,34H,2,7,12,14-15H2,1,3-6H3,(H,25,29)(H,26,31). The maximum atomic E-state index is 13.5. The van der Waals surface area contributed by atoms with Crippen molar-refractivity contribution in [3.8, 4) is 0 Å². The summed E-state index contributed by atoms with van der Waals surface area (Å²) in [6.45, 7) is 10.6. The molecule has 2 N–H and O–H groups in total. The van der Waals surface area contributed by atoms with Gasteiger partial charge in [0.25, 0.3) is 0 Å². The molecule has 2 unspecified atom stereocenters. The quantitative estimate of drug-likeness (QED) is 0.323. The summed E-state index contributed by atoms with van der Waals surface area (Å²) >= 11 is 4.23. The third kappa shape index (κ3) is 9.09. The van der Waals surface area contributed by atoms with Crippen LogP contribution < -0.4 is 10.6 Å². The second-order valence-corrected chi connectivity index (χ2v) is 8.85. The van der Waals surface area contributed by atoms with Gasteiger partial charge in [-0.25, -0.2) is 4.79 Å². The van der Waals surface area contributed by atoms with Gasteiger partial charge in [0.2, 0.25) is 11.8 Å². The molecule has 9 nitrogen and oxygen atoms in total. The van der Waals surface area contributed by atoms with Gasteiger partial charge >= 0.3 is 12.1 Å². The average molecular weight is 494 g/mol. The van der Waals surface area contributed by atoms with Crippen LogP contribution in [0.2, 0.25) is 0 Å². The van der Waals surface area contributed by atoms with E-state index in [4.69, 9.17) is 4.74 Å². The van der Waals surface area contributed by atoms with Crippen LogP contribution in [0.1, 0.15) is 51.3 Å². The molecule has 0 fully saturated rings. The first-order chi connectivity index (χ1) is 16.0. The van der Waals surface area contributed by atoms with Crippen LogP contribution in [0, 0.1) is 0 Å². The molecule has 0 heterocycles. The molecular weight excluding hydrogens is 458 g/mol. The number of methoxy groups -OCH3 is 1. The molecule has 3 amide bonds. The first-order valence-corrected chi connectivity index (χ1v) is 11.6. The summed E-state index contributed by atoms with van der Waals surface area (Å²) in [4.78, 5) is 52.0. The van der Waals surface area contributed by atoms with Crippen molar-refractivity contribution in [2.75, 3.05) is 26.0 Å². The molecule has 0 aliphatic rings. The number of rotatable bonds is 11. The van der Waals surface area contributed by atoms with Crippen LogP contribution in [0.3, 0.4) is 0 Å². The topological polar surface area (TPSA) is 114 Å². The second-order valence-electron chi connectivity index (χ2n) is 8.48. The summed E-state index contributed by atoms with van der Waals surface area (Å²) in [5.74, 6) is -1.71. The summed E-state index contributed by atoms with van der Waals surface area (Å²) in [6, 6.07) is 4.90. The molecule has 0 aliphatic heterocycles. The normalized spacial score (nSPS) is 12.6. The molecule has 2 atom stereocenters. The van der Waals surface area contributed by atoms with Crippen LogP contribution >= 0.6 is 12.6 Å². The van der Waals surface area contributed by atoms with E-state index in [0.717, 1.165) is 5.56 Å². The van der Waals surface area contributed by atoms with Crippen LogP contribution in [-0.2, 0) is 23.9 Å². The van der Waals surface area contributed by atoms with Gasteiger partial charge in [-0.2, -0.15) is 12.6 Å². The van der Waals surface area contributed by atoms with Crippen molar-refractivity contribution in [2.24, 2.45) is 0 Å². The highest BCUT2D eigenvalue weighted by Gasteiger charge is 2.35. The summed E-state index contributed by atoms with van der Waals surface area (Å²) < 4.78 is 9.86. The Hall–Kier alpha value is -3.01. The fraction of sp³-hybridized carbons (Fsp3) is 0.500. The minimum absolute atomic E-state index is 0.0124. The van der Waals surface area contributed by atoms with Crippen LogP contribution in [0.25, 0.3) is 6.08 Å². The molecular formula is C24H35N3O6S. The highest BCUT2D eigenvalue weighted by Crippen LogP contribution is 2.24. The van der Waals surface area contributed by atoms with Crippen molar-refractivity contribution in [3.63, 3.8) is 0 Å². The lowest BCUT2D eigenvalue weighted by Gasteiger charge is -2.34. The van der Waals surface area contributed by atoms with Crippen molar-refractivity contribution >= 4 is 42.6 Å². The number of nitrogens with one attached hydrogen (secondary N) is 2. The van der Waals surface area contributed by atoms with Crippen molar-refractivity contribution in [3.05, 3.63) is 42.0 Å². The highest BCUT2D eigenvalue weighted by atomic mass is 32.1. The van der Waals surface area contributed by atoms with E-state index >= 15 is 0 Å². The van der Waals surface area contributed by atoms with E-state index in [9.17, 15) is 19.2 Å². The van der Waals surface area contributed by atoms with Gasteiger partial charge in [-0.3, -0.25) is 14.4 Å². The van der Waals surface area contributed by atoms with Crippen LogP contribution in [0.15, 0.2) is 30.8 Å². The fourth-order valence-corrected chi connectivity index (χ4v) is 3.35. The zero-order valence-corrected chi connectivity index (χ0v) is 21.3. The summed E-state index contributed by atoms with van der Waals surface area (Å²) in [5.41, 5.74) is 0.528. The van der Waals surface area contributed by atoms with Crippen molar-refractivity contribution in [2.45, 2.75) is 51.8 Å². The maximum Gasteiger partial charge on any atom is 0.408 e. The van der Waals surface area contributed by atoms with Gasteiger partial charge in [0.15, 0.2) is 0 Å². The van der Waals surface area contributed by atoms with E-state index in [1.54, 1.807) is 45.0 Å². The highest BCUT2D eigenvalue weighted by molar-refractivity contribution is 7.80. The molecule has 0 aliphatic carbocycles. The van der Waals surface area contributed by atoms with Crippen molar-refractivity contribution < 1.29 is 28.7 Å². The number of esters is 1. The molecule has 1 aromatic rings. The average Bonchev–Trinajstić information content (AvgIpc) is 2.79. The smallest absolute Gasteiger partial charge is 0.408 e. The number of hydrogen-bond acceptors (Lipinski definition) is 7. The molecule has 10 heteroatoms. The number of carbonyl (C=O) groups excluding carboxylic acids is 4. The molecule has 0 bridgehead atoms. The minimum Gasteiger partial charge on any atom is -0.468 e. The monoisotopic (exact) mass is 493 g/mol. The fourth-order valence-electron chi connectivity index (χ4n) is 3.10. The van der Waals surface area contributed by atoms with E-state index in [1.807, 2.05) is 13.0 Å². The van der Waals surface area contributed by atoms with Gasteiger partial charge in [-0.05, 0) is 44.4 Å². The number of thiol groups is 1. The van der Waals surface area contributed by atoms with E-state index in [1.165, 1.54) is 12.0 Å². The number of nitrogens with zero attached hydrogens (tertiary/aromatic N) is 1. The number of alkyl carbamates (subject to hydrolysis) is 1. The number of carbonyl (C=O) groups is 4. The van der Waals surface area contributed by atoms with Crippen LogP contribution in [0.4, 0.5) is 4.79 Å². The lowest BCUT2D eigenvalue weighted by molar-refractivity contribution is -0.144. The summed E-state index contributed by atoms with van der Waals surface area (Å²) in [7, 11) is 1.21. The summed E-state index contributed by atoms with van der Waals surface area (Å²) in [6.07, 6.45) is 1.40. The molecule has 0 radical (unpaired) electrons. The molecule has 0 aromatic heterocycles. The molecule has 1 rings (SSSR count). The minimum atomic E-state index is -1.07. The predicted octanol–water partition coefficient (Wildman–Crippen LogP) is 2.72. The SMILES string of the molecule is C=Cc1cccc(C(C(=O)NCC(=O)OC)N(CCC)C(=O)C(CS)NC(=O)OC(C)(C)C)c1. The van der Waals surface area contributed by atoms with Gasteiger partial charge in [0.05, 0.1) is 7.11 Å². The largest absolute Gasteiger partial charge is 0.468 e. The first kappa shape index (κ1) is 29.0. The number of hydrogen-bond donors (Lipinski definition) is 3. The predicted molar refractivity (Wildman–Crippen MR) is 133 cm³/mol. The lowest BCUT2D eigenvalue weighted by atomic mass is 10.00. The molecule has 188 valence electrons. The van der Waals surface area contributed by atoms with Gasteiger partial charge in [-0.15, -0.1) is 0 Å². The third-order valence-electron chi connectivity index (χ3n) is 4.58. The number of benzene rings is 1. The molecule has 0 saturated heterocycles. The molecule has 34 heavy (non-hydrogen) atoms. The third-order valence-corrected chi connectivity index (χ3v) is 4.94. The number of amides is 3. The van der Waals surface area contributed by atoms with E-state index < -0.39 is 41.6 Å². The lowest BCUT2D eigenvalue weighted by Crippen LogP contribution is -2.54. The zero-order chi connectivity index (χ0) is 25.9. The Morgan fingerprint density at radius 2 is 1.91 bits per heavy atom. The van der Waals surface area contributed by atoms with Gasteiger partial charge in [0.1, 0.15) is 24.2 Å². The van der Waals surface area contributed by atoms with E-state index in [2.05, 4.69) is 34.6 Å². The Bertz CT molecular complexity index is 884. The second kappa shape index (κ2) is 13.6. The Morgan fingerprint density at radius 1 is 1.24 bits per heavy atom. The molecule has 0 spiro atoms. The van der Waals surface area contributed by atoms with Gasteiger partial charge in [-0.1, -0.05) is 37.8 Å².